The van der Waals surface area contributed by atoms with E-state index < -0.39 is 48.8 Å². The summed E-state index contributed by atoms with van der Waals surface area (Å²) in [6.07, 6.45) is 6.26. The monoisotopic (exact) mass is 575 g/mol. The van der Waals surface area contributed by atoms with Crippen molar-refractivity contribution < 1.29 is 28.6 Å². The zero-order valence-corrected chi connectivity index (χ0v) is 27.6. The molecule has 2 saturated heterocycles. The van der Waals surface area contributed by atoms with Crippen LogP contribution in [-0.2, 0) is 18.7 Å². The number of carbonyl (C=O) groups is 2. The minimum atomic E-state index is -2.30. The van der Waals surface area contributed by atoms with E-state index >= 15 is 0 Å². The summed E-state index contributed by atoms with van der Waals surface area (Å²) in [5.74, 6) is -0.322. The van der Waals surface area contributed by atoms with E-state index in [9.17, 15) is 14.7 Å². The number of Topliss-reactive ketones (excluding diaryl/α,β-unsaturated/α-hetero) is 1. The number of rotatable bonds is 4. The highest BCUT2D eigenvalue weighted by Crippen LogP contribution is 2.66. The number of carbonyl (C=O) groups excluding carboxylic acids is 2. The van der Waals surface area contributed by atoms with Gasteiger partial charge in [0.1, 0.15) is 5.60 Å². The normalized spacial score (nSPS) is 40.0. The second-order valence-electron chi connectivity index (χ2n) is 15.5. The van der Waals surface area contributed by atoms with Crippen LogP contribution in [0.15, 0.2) is 24.3 Å². The van der Waals surface area contributed by atoms with Crippen molar-refractivity contribution in [2.24, 2.45) is 10.8 Å². The topological polar surface area (TPSA) is 85.3 Å². The molecular weight excluding hydrogens is 522 g/mol. The van der Waals surface area contributed by atoms with Gasteiger partial charge in [-0.15, -0.1) is 6.58 Å². The van der Waals surface area contributed by atoms with E-state index in [0.29, 0.717) is 19.5 Å². The van der Waals surface area contributed by atoms with Gasteiger partial charge in [-0.25, -0.2) is 4.79 Å². The lowest BCUT2D eigenvalue weighted by molar-refractivity contribution is -0.302. The largest absolute Gasteiger partial charge is 0.439 e. The zero-order chi connectivity index (χ0) is 30.2. The second kappa shape index (κ2) is 9.78. The highest BCUT2D eigenvalue weighted by Gasteiger charge is 2.77. The molecule has 0 radical (unpaired) electrons. The molecule has 6 atom stereocenters. The first-order valence-corrected chi connectivity index (χ1v) is 18.0. The fraction of sp³-hybridized carbons (Fsp3) is 0.812. The van der Waals surface area contributed by atoms with Crippen molar-refractivity contribution >= 4 is 20.2 Å². The van der Waals surface area contributed by atoms with E-state index in [4.69, 9.17) is 13.9 Å². The third kappa shape index (κ3) is 4.56. The molecule has 226 valence electrons. The van der Waals surface area contributed by atoms with Gasteiger partial charge < -0.3 is 23.9 Å². The van der Waals surface area contributed by atoms with Crippen LogP contribution in [-0.4, -0.2) is 72.3 Å². The highest BCUT2D eigenvalue weighted by molar-refractivity contribution is 6.74. The van der Waals surface area contributed by atoms with Crippen LogP contribution in [0.2, 0.25) is 18.1 Å². The van der Waals surface area contributed by atoms with E-state index in [-0.39, 0.29) is 22.7 Å². The Labute approximate surface area is 242 Å². The third-order valence-electron chi connectivity index (χ3n) is 11.2. The summed E-state index contributed by atoms with van der Waals surface area (Å²) in [6, 6.07) is 0. The zero-order valence-electron chi connectivity index (χ0n) is 26.6. The van der Waals surface area contributed by atoms with E-state index in [1.54, 1.807) is 17.9 Å². The Morgan fingerprint density at radius 3 is 2.30 bits per heavy atom. The van der Waals surface area contributed by atoms with Gasteiger partial charge in [-0.3, -0.25) is 4.79 Å². The molecule has 1 saturated carbocycles. The molecule has 4 rings (SSSR count). The molecular formula is C32H53NO6Si. The minimum absolute atomic E-state index is 0.0223. The average Bonchev–Trinajstić information content (AvgIpc) is 2.85. The molecule has 2 aliphatic carbocycles. The first kappa shape index (κ1) is 31.5. The molecule has 1 amide bonds. The van der Waals surface area contributed by atoms with Crippen molar-refractivity contribution in [3.8, 4) is 0 Å². The maximum Gasteiger partial charge on any atom is 0.410 e. The number of piperidine rings is 1. The second-order valence-corrected chi connectivity index (χ2v) is 20.2. The van der Waals surface area contributed by atoms with Crippen LogP contribution in [0.3, 0.4) is 0 Å². The number of nitrogens with zero attached hydrogens (tertiary/aromatic N) is 1. The Bertz CT molecular complexity index is 1090. The van der Waals surface area contributed by atoms with Crippen LogP contribution >= 0.6 is 0 Å². The Kier molecular flexibility index (Phi) is 7.69. The SMILES string of the molecule is C=C[C@@]1(C)CC(=O)[C@@]2(O)[C@](C)(O1)[C@@H](OC(=O)N1CCCCC1)C=C1C(C)(C)CC[C@H](O[Si](C)(C)C(C)(C)C)[C@@]12C. The minimum Gasteiger partial charge on any atom is -0.439 e. The summed E-state index contributed by atoms with van der Waals surface area (Å²) in [6.45, 7) is 26.1. The van der Waals surface area contributed by atoms with Crippen molar-refractivity contribution in [1.29, 1.82) is 0 Å². The van der Waals surface area contributed by atoms with Gasteiger partial charge in [0, 0.05) is 19.5 Å². The lowest BCUT2D eigenvalue weighted by atomic mass is 9.44. The predicted molar refractivity (Wildman–Crippen MR) is 160 cm³/mol. The van der Waals surface area contributed by atoms with Gasteiger partial charge >= 0.3 is 6.09 Å². The first-order valence-electron chi connectivity index (χ1n) is 15.1. The molecule has 40 heavy (non-hydrogen) atoms. The average molecular weight is 576 g/mol. The van der Waals surface area contributed by atoms with E-state index in [1.807, 2.05) is 19.9 Å². The van der Waals surface area contributed by atoms with Crippen molar-refractivity contribution in [1.82, 2.24) is 4.90 Å². The molecule has 0 aromatic carbocycles. The van der Waals surface area contributed by atoms with Gasteiger partial charge in [0.2, 0.25) is 0 Å². The van der Waals surface area contributed by atoms with E-state index in [0.717, 1.165) is 31.3 Å². The molecule has 0 aromatic rings. The van der Waals surface area contributed by atoms with Crippen LogP contribution in [0.25, 0.3) is 0 Å². The summed E-state index contributed by atoms with van der Waals surface area (Å²) in [4.78, 5) is 29.6. The Morgan fingerprint density at radius 1 is 1.15 bits per heavy atom. The number of ketones is 1. The van der Waals surface area contributed by atoms with Crippen LogP contribution in [0.5, 0.6) is 0 Å². The number of fused-ring (bicyclic) bond motifs is 3. The Hall–Kier alpha value is -1.48. The van der Waals surface area contributed by atoms with Crippen molar-refractivity contribution in [3.05, 3.63) is 24.3 Å². The number of hydrogen-bond donors (Lipinski definition) is 1. The standard InChI is InChI=1S/C32H53NO6Si/c1-12-29(7)21-23(34)32(36)30(8)22(28(5,6)17-16-24(30)38-40(10,11)27(2,3)4)20-25(31(32,9)39-29)37-26(35)33-18-14-13-15-19-33/h12,20,24-25,36H,1,13-19,21H2,2-11H3/t24-,25-,29-,30+,31+,32-/m0/s1. The van der Waals surface area contributed by atoms with Gasteiger partial charge in [-0.1, -0.05) is 53.2 Å². The number of hydrogen-bond acceptors (Lipinski definition) is 6. The smallest absolute Gasteiger partial charge is 0.410 e. The summed E-state index contributed by atoms with van der Waals surface area (Å²) in [5, 5.41) is 13.0. The lowest BCUT2D eigenvalue weighted by Gasteiger charge is -2.68. The maximum absolute atomic E-state index is 14.4. The maximum atomic E-state index is 14.4. The van der Waals surface area contributed by atoms with Crippen molar-refractivity contribution in [2.75, 3.05) is 13.1 Å². The van der Waals surface area contributed by atoms with Crippen molar-refractivity contribution in [2.45, 2.75) is 141 Å². The van der Waals surface area contributed by atoms with Gasteiger partial charge in [-0.2, -0.15) is 0 Å². The molecule has 0 unspecified atom stereocenters. The van der Waals surface area contributed by atoms with E-state index in [1.165, 1.54) is 0 Å². The summed E-state index contributed by atoms with van der Waals surface area (Å²) >= 11 is 0. The molecule has 8 heteroatoms. The first-order chi connectivity index (χ1) is 18.2. The fourth-order valence-corrected chi connectivity index (χ4v) is 8.96. The molecule has 0 bridgehead atoms. The van der Waals surface area contributed by atoms with Gasteiger partial charge in [0.25, 0.3) is 0 Å². The Balaban J connectivity index is 1.92. The summed E-state index contributed by atoms with van der Waals surface area (Å²) in [5.41, 5.74) is -5.11. The highest BCUT2D eigenvalue weighted by atomic mass is 28.4. The summed E-state index contributed by atoms with van der Waals surface area (Å²) < 4.78 is 20.1. The quantitative estimate of drug-likeness (QED) is 0.302. The molecule has 0 spiro atoms. The number of aliphatic hydroxyl groups is 1. The molecule has 3 fully saturated rings. The van der Waals surface area contributed by atoms with Gasteiger partial charge in [0.05, 0.1) is 17.1 Å². The Morgan fingerprint density at radius 2 is 1.75 bits per heavy atom. The summed E-state index contributed by atoms with van der Waals surface area (Å²) in [7, 11) is -2.30. The molecule has 7 nitrogen and oxygen atoms in total. The number of amides is 1. The molecule has 2 aliphatic heterocycles. The van der Waals surface area contributed by atoms with Crippen LogP contribution in [0.4, 0.5) is 4.79 Å². The van der Waals surface area contributed by atoms with Gasteiger partial charge in [0.15, 0.2) is 25.8 Å². The van der Waals surface area contributed by atoms with Crippen LogP contribution < -0.4 is 0 Å². The van der Waals surface area contributed by atoms with Crippen LogP contribution in [0.1, 0.15) is 93.9 Å². The van der Waals surface area contributed by atoms with Crippen LogP contribution in [0, 0.1) is 10.8 Å². The molecule has 1 N–H and O–H groups in total. The number of likely N-dealkylation sites (tertiary alicyclic amines) is 1. The molecule has 0 aromatic heterocycles. The predicted octanol–water partition coefficient (Wildman–Crippen LogP) is 6.56. The third-order valence-corrected chi connectivity index (χ3v) is 15.7. The lowest BCUT2D eigenvalue weighted by Crippen LogP contribution is -2.81. The molecule has 4 aliphatic rings. The van der Waals surface area contributed by atoms with Gasteiger partial charge in [-0.05, 0) is 75.6 Å². The van der Waals surface area contributed by atoms with E-state index in [2.05, 4.69) is 54.3 Å². The number of ether oxygens (including phenoxy) is 2. The fourth-order valence-electron chi connectivity index (χ4n) is 7.54. The molecule has 2 heterocycles. The van der Waals surface area contributed by atoms with Crippen molar-refractivity contribution in [3.63, 3.8) is 0 Å².